The number of sulfone groups is 1. The van der Waals surface area contributed by atoms with E-state index in [2.05, 4.69) is 31.8 Å². The van der Waals surface area contributed by atoms with Gasteiger partial charge in [-0.1, -0.05) is 24.3 Å². The van der Waals surface area contributed by atoms with E-state index >= 15 is 0 Å². The lowest BCUT2D eigenvalue weighted by molar-refractivity contribution is 0.601. The van der Waals surface area contributed by atoms with E-state index in [9.17, 15) is 8.42 Å². The molecule has 0 spiro atoms. The number of rotatable bonds is 6. The summed E-state index contributed by atoms with van der Waals surface area (Å²) in [4.78, 5) is 9.05. The molecule has 2 aromatic heterocycles. The Hall–Kier alpha value is -3.46. The molecule has 0 amide bonds. The predicted molar refractivity (Wildman–Crippen MR) is 124 cm³/mol. The Morgan fingerprint density at radius 3 is 2.68 bits per heavy atom. The maximum atomic E-state index is 11.6. The molecule has 2 aromatic carbocycles. The Bertz CT molecular complexity index is 1380. The van der Waals surface area contributed by atoms with Crippen LogP contribution in [-0.2, 0) is 22.6 Å². The van der Waals surface area contributed by atoms with E-state index in [1.54, 1.807) is 24.4 Å². The molecule has 0 radical (unpaired) electrons. The smallest absolute Gasteiger partial charge is 0.229 e. The second kappa shape index (κ2) is 7.99. The molecule has 0 bridgehead atoms. The number of hydrogen-bond acceptors (Lipinski definition) is 7. The number of nitrogens with zero attached hydrogens (tertiary/aromatic N) is 4. The summed E-state index contributed by atoms with van der Waals surface area (Å²) in [5, 5.41) is 12.0. The highest BCUT2D eigenvalue weighted by Gasteiger charge is 2.12. The summed E-state index contributed by atoms with van der Waals surface area (Å²) in [6.45, 7) is 2.04. The minimum atomic E-state index is -3.11. The first-order valence-electron chi connectivity index (χ1n) is 9.76. The van der Waals surface area contributed by atoms with Crippen LogP contribution in [0.2, 0.25) is 0 Å². The topological polar surface area (TPSA) is 102 Å². The first-order valence-corrected chi connectivity index (χ1v) is 11.8. The monoisotopic (exact) mass is 436 g/mol. The second-order valence-electron chi connectivity index (χ2n) is 7.54. The van der Waals surface area contributed by atoms with Crippen LogP contribution >= 0.6 is 0 Å². The first-order chi connectivity index (χ1) is 14.7. The van der Waals surface area contributed by atoms with Crippen LogP contribution in [0.3, 0.4) is 0 Å². The third-order valence-corrected chi connectivity index (χ3v) is 5.94. The van der Waals surface area contributed by atoms with Gasteiger partial charge in [-0.05, 0) is 36.2 Å². The first kappa shape index (κ1) is 20.8. The summed E-state index contributed by atoms with van der Waals surface area (Å²) in [5.41, 5.74) is 5.30. The van der Waals surface area contributed by atoms with Gasteiger partial charge in [0.1, 0.15) is 5.82 Å². The highest BCUT2D eigenvalue weighted by atomic mass is 32.2. The normalized spacial score (nSPS) is 11.6. The molecule has 2 N–H and O–H groups in total. The lowest BCUT2D eigenvalue weighted by Gasteiger charge is -2.12. The van der Waals surface area contributed by atoms with E-state index in [1.807, 2.05) is 43.9 Å². The van der Waals surface area contributed by atoms with Crippen LogP contribution in [0, 0.1) is 6.92 Å². The zero-order valence-corrected chi connectivity index (χ0v) is 18.7. The van der Waals surface area contributed by atoms with Crippen molar-refractivity contribution in [2.45, 2.75) is 12.7 Å². The molecule has 9 heteroatoms. The van der Waals surface area contributed by atoms with Crippen molar-refractivity contribution < 1.29 is 8.42 Å². The van der Waals surface area contributed by atoms with Gasteiger partial charge in [0, 0.05) is 48.9 Å². The van der Waals surface area contributed by atoms with E-state index < -0.39 is 9.84 Å². The minimum Gasteiger partial charge on any atom is -0.372 e. The average molecular weight is 437 g/mol. The third-order valence-electron chi connectivity index (χ3n) is 5.08. The van der Waals surface area contributed by atoms with Crippen molar-refractivity contribution >= 4 is 38.2 Å². The van der Waals surface area contributed by atoms with Crippen molar-refractivity contribution in [3.05, 3.63) is 59.9 Å². The summed E-state index contributed by atoms with van der Waals surface area (Å²) in [5.74, 6) is 1.08. The van der Waals surface area contributed by atoms with Gasteiger partial charge in [0.15, 0.2) is 9.84 Å². The standard InChI is InChI=1S/C22H24N6O2S/c1-14-18-9-8-16(11-20(18)27-28(14)3)19-12-24-22(26-21(19)23-2)25-17-7-5-6-15(10-17)13-31(4,29)30/h5-12H,13H2,1-4H3,(H2,23,24,25,26). The number of hydrogen-bond donors (Lipinski definition) is 2. The van der Waals surface area contributed by atoms with Gasteiger partial charge >= 0.3 is 0 Å². The van der Waals surface area contributed by atoms with Crippen LogP contribution in [0.25, 0.3) is 22.0 Å². The molecule has 0 saturated carbocycles. The van der Waals surface area contributed by atoms with Gasteiger partial charge in [-0.2, -0.15) is 10.1 Å². The Kier molecular flexibility index (Phi) is 5.36. The maximum absolute atomic E-state index is 11.6. The summed E-state index contributed by atoms with van der Waals surface area (Å²) >= 11 is 0. The molecule has 8 nitrogen and oxygen atoms in total. The Morgan fingerprint density at radius 1 is 1.13 bits per heavy atom. The molecule has 4 rings (SSSR count). The zero-order chi connectivity index (χ0) is 22.2. The molecule has 0 saturated heterocycles. The molecule has 0 fully saturated rings. The lowest BCUT2D eigenvalue weighted by atomic mass is 10.1. The molecule has 0 aliphatic carbocycles. The average Bonchev–Trinajstić information content (AvgIpc) is 3.00. The molecule has 160 valence electrons. The summed E-state index contributed by atoms with van der Waals surface area (Å²) in [7, 11) is 0.638. The van der Waals surface area contributed by atoms with Gasteiger partial charge in [-0.15, -0.1) is 0 Å². The number of aromatic nitrogens is 4. The fraction of sp³-hybridized carbons (Fsp3) is 0.227. The molecule has 0 unspecified atom stereocenters. The van der Waals surface area contributed by atoms with Crippen molar-refractivity contribution in [1.82, 2.24) is 19.7 Å². The Balaban J connectivity index is 1.64. The highest BCUT2D eigenvalue weighted by molar-refractivity contribution is 7.89. The molecular formula is C22H24N6O2S. The molecule has 0 aliphatic rings. The molecule has 2 heterocycles. The summed E-state index contributed by atoms with van der Waals surface area (Å²) < 4.78 is 25.0. The number of nitrogens with one attached hydrogen (secondary N) is 2. The molecule has 4 aromatic rings. The van der Waals surface area contributed by atoms with Gasteiger partial charge in [-0.3, -0.25) is 4.68 Å². The fourth-order valence-corrected chi connectivity index (χ4v) is 4.30. The number of benzene rings is 2. The minimum absolute atomic E-state index is 0.0143. The van der Waals surface area contributed by atoms with Crippen LogP contribution in [0.5, 0.6) is 0 Å². The van der Waals surface area contributed by atoms with E-state index in [0.29, 0.717) is 17.3 Å². The highest BCUT2D eigenvalue weighted by Crippen LogP contribution is 2.30. The van der Waals surface area contributed by atoms with Crippen LogP contribution in [-0.4, -0.2) is 41.5 Å². The Labute approximate surface area is 181 Å². The number of fused-ring (bicyclic) bond motifs is 1. The zero-order valence-electron chi connectivity index (χ0n) is 17.8. The van der Waals surface area contributed by atoms with Crippen LogP contribution in [0.4, 0.5) is 17.5 Å². The third kappa shape index (κ3) is 4.51. The van der Waals surface area contributed by atoms with Gasteiger partial charge in [0.05, 0.1) is 11.3 Å². The number of anilines is 3. The SMILES string of the molecule is CNc1nc(Nc2cccc(CS(C)(=O)=O)c2)ncc1-c1ccc2c(C)n(C)nc2c1. The number of aryl methyl sites for hydroxylation is 2. The van der Waals surface area contributed by atoms with Crippen LogP contribution < -0.4 is 10.6 Å². The van der Waals surface area contributed by atoms with Crippen LogP contribution in [0.15, 0.2) is 48.7 Å². The van der Waals surface area contributed by atoms with E-state index in [1.165, 1.54) is 6.26 Å². The molecule has 0 aliphatic heterocycles. The largest absolute Gasteiger partial charge is 0.372 e. The van der Waals surface area contributed by atoms with Crippen molar-refractivity contribution in [1.29, 1.82) is 0 Å². The van der Waals surface area contributed by atoms with Gasteiger partial charge < -0.3 is 10.6 Å². The lowest BCUT2D eigenvalue weighted by Crippen LogP contribution is -2.04. The van der Waals surface area contributed by atoms with Gasteiger partial charge in [-0.25, -0.2) is 13.4 Å². The molecular weight excluding hydrogens is 412 g/mol. The maximum Gasteiger partial charge on any atom is 0.229 e. The molecule has 31 heavy (non-hydrogen) atoms. The summed E-state index contributed by atoms with van der Waals surface area (Å²) in [6.07, 6.45) is 2.98. The van der Waals surface area contributed by atoms with E-state index in [0.717, 1.165) is 33.4 Å². The predicted octanol–water partition coefficient (Wildman–Crippen LogP) is 3.67. The van der Waals surface area contributed by atoms with Crippen molar-refractivity contribution in [3.8, 4) is 11.1 Å². The van der Waals surface area contributed by atoms with Gasteiger partial charge in [0.25, 0.3) is 0 Å². The second-order valence-corrected chi connectivity index (χ2v) is 9.68. The fourth-order valence-electron chi connectivity index (χ4n) is 3.51. The van der Waals surface area contributed by atoms with Gasteiger partial charge in [0.2, 0.25) is 5.95 Å². The van der Waals surface area contributed by atoms with Crippen LogP contribution in [0.1, 0.15) is 11.3 Å². The van der Waals surface area contributed by atoms with Crippen molar-refractivity contribution in [2.75, 3.05) is 23.9 Å². The van der Waals surface area contributed by atoms with E-state index in [4.69, 9.17) is 0 Å². The van der Waals surface area contributed by atoms with Crippen molar-refractivity contribution in [3.63, 3.8) is 0 Å². The quantitative estimate of drug-likeness (QED) is 0.475. The summed E-state index contributed by atoms with van der Waals surface area (Å²) in [6, 6.07) is 13.4. The van der Waals surface area contributed by atoms with E-state index in [-0.39, 0.29) is 5.75 Å². The van der Waals surface area contributed by atoms with Crippen molar-refractivity contribution in [2.24, 2.45) is 7.05 Å². The molecule has 0 atom stereocenters. The Morgan fingerprint density at radius 2 is 1.94 bits per heavy atom.